The second-order valence-corrected chi connectivity index (χ2v) is 6.89. The lowest BCUT2D eigenvalue weighted by Crippen LogP contribution is -2.20. The molecule has 3 aromatic carbocycles. The van der Waals surface area contributed by atoms with E-state index in [1.807, 2.05) is 25.1 Å². The number of rotatable bonds is 6. The quantitative estimate of drug-likeness (QED) is 0.507. The summed E-state index contributed by atoms with van der Waals surface area (Å²) in [6.07, 6.45) is 0. The molecule has 4 aromatic rings. The van der Waals surface area contributed by atoms with Gasteiger partial charge in [0.05, 0.1) is 18.0 Å². The fourth-order valence-corrected chi connectivity index (χ4v) is 3.07. The number of nitrogens with one attached hydrogen (secondary N) is 1. The molecule has 0 spiro atoms. The predicted octanol–water partition coefficient (Wildman–Crippen LogP) is 4.19. The van der Waals surface area contributed by atoms with Gasteiger partial charge in [-0.3, -0.25) is 4.79 Å². The van der Waals surface area contributed by atoms with Gasteiger partial charge in [0.2, 0.25) is 5.89 Å². The normalized spacial score (nSPS) is 10.6. The number of carbonyl (C=O) groups is 1. The summed E-state index contributed by atoms with van der Waals surface area (Å²) in [5.74, 6) is 0.972. The minimum absolute atomic E-state index is 0.164. The molecule has 1 aromatic heterocycles. The third-order valence-electron chi connectivity index (χ3n) is 4.63. The number of carbonyl (C=O) groups excluding carboxylic acids is 1. The number of amides is 1. The third kappa shape index (κ3) is 4.56. The second kappa shape index (κ2) is 8.71. The maximum Gasteiger partial charge on any atom is 0.347 e. The number of para-hydroxylation sites is 1. The Bertz CT molecular complexity index is 1300. The van der Waals surface area contributed by atoms with Gasteiger partial charge in [-0.25, -0.2) is 9.78 Å². The Morgan fingerprint density at radius 3 is 2.58 bits per heavy atom. The molecule has 0 radical (unpaired) electrons. The minimum Gasteiger partial charge on any atom is -0.493 e. The van der Waals surface area contributed by atoms with Gasteiger partial charge in [0, 0.05) is 11.3 Å². The van der Waals surface area contributed by atoms with Crippen LogP contribution in [0.2, 0.25) is 0 Å². The number of methoxy groups -OCH3 is 1. The van der Waals surface area contributed by atoms with Crippen molar-refractivity contribution in [1.29, 1.82) is 0 Å². The summed E-state index contributed by atoms with van der Waals surface area (Å²) in [7, 11) is 1.55. The van der Waals surface area contributed by atoms with Crippen LogP contribution in [0.15, 0.2) is 75.9 Å². The topological polar surface area (TPSA) is 90.7 Å². The summed E-state index contributed by atoms with van der Waals surface area (Å²) in [4.78, 5) is 28.8. The van der Waals surface area contributed by atoms with Gasteiger partial charge < -0.3 is 19.2 Å². The molecule has 0 aliphatic rings. The predicted molar refractivity (Wildman–Crippen MR) is 118 cm³/mol. The Labute approximate surface area is 178 Å². The number of nitrogens with zero attached hydrogens (tertiary/aromatic N) is 1. The van der Waals surface area contributed by atoms with E-state index in [9.17, 15) is 9.59 Å². The summed E-state index contributed by atoms with van der Waals surface area (Å²) in [6, 6.07) is 19.3. The van der Waals surface area contributed by atoms with Crippen molar-refractivity contribution in [2.45, 2.75) is 6.92 Å². The summed E-state index contributed by atoms with van der Waals surface area (Å²) in [5, 5.41) is 3.19. The van der Waals surface area contributed by atoms with Crippen LogP contribution in [-0.2, 0) is 4.79 Å². The van der Waals surface area contributed by atoms with Crippen molar-refractivity contribution in [3.63, 3.8) is 0 Å². The zero-order valence-corrected chi connectivity index (χ0v) is 17.0. The first kappa shape index (κ1) is 20.2. The zero-order chi connectivity index (χ0) is 21.8. The highest BCUT2D eigenvalue weighted by Gasteiger charge is 2.10. The van der Waals surface area contributed by atoms with E-state index in [1.54, 1.807) is 55.6 Å². The molecular weight excluding hydrogens is 396 g/mol. The van der Waals surface area contributed by atoms with E-state index in [1.165, 1.54) is 0 Å². The van der Waals surface area contributed by atoms with Crippen molar-refractivity contribution in [2.75, 3.05) is 19.0 Å². The van der Waals surface area contributed by atoms with Gasteiger partial charge in [-0.15, -0.1) is 0 Å². The fraction of sp³-hybridized carbons (Fsp3) is 0.125. The number of anilines is 1. The average molecular weight is 416 g/mol. The Morgan fingerprint density at radius 2 is 1.81 bits per heavy atom. The number of aryl methyl sites for hydroxylation is 1. The van der Waals surface area contributed by atoms with Gasteiger partial charge in [-0.2, -0.15) is 0 Å². The zero-order valence-electron chi connectivity index (χ0n) is 17.0. The number of benzene rings is 3. The first-order valence-corrected chi connectivity index (χ1v) is 9.61. The lowest BCUT2D eigenvalue weighted by Gasteiger charge is -2.11. The van der Waals surface area contributed by atoms with Gasteiger partial charge in [0.15, 0.2) is 18.1 Å². The first-order valence-electron chi connectivity index (χ1n) is 9.61. The van der Waals surface area contributed by atoms with Crippen LogP contribution < -0.4 is 20.4 Å². The van der Waals surface area contributed by atoms with E-state index in [4.69, 9.17) is 13.9 Å². The molecule has 4 rings (SSSR count). The SMILES string of the molecule is COc1cc(C)ccc1OCC(=O)Nc1ccc(-c2nc3ccccc3c(=O)o2)cc1. The van der Waals surface area contributed by atoms with Gasteiger partial charge in [0.1, 0.15) is 0 Å². The molecule has 1 heterocycles. The standard InChI is InChI=1S/C24H20N2O5/c1-15-7-12-20(21(13-15)29-2)30-14-22(27)25-17-10-8-16(9-11-17)23-26-19-6-4-3-5-18(19)24(28)31-23/h3-13H,14H2,1-2H3,(H,25,27). The largest absolute Gasteiger partial charge is 0.493 e. The van der Waals surface area contributed by atoms with E-state index in [2.05, 4.69) is 10.3 Å². The molecule has 0 fully saturated rings. The van der Waals surface area contributed by atoms with Crippen LogP contribution in [0.1, 0.15) is 5.56 Å². The minimum atomic E-state index is -0.443. The molecule has 0 saturated carbocycles. The fourth-order valence-electron chi connectivity index (χ4n) is 3.07. The summed E-state index contributed by atoms with van der Waals surface area (Å²) >= 11 is 0. The molecule has 7 nitrogen and oxygen atoms in total. The van der Waals surface area contributed by atoms with Crippen LogP contribution in [0, 0.1) is 6.92 Å². The van der Waals surface area contributed by atoms with Crippen LogP contribution in [0.5, 0.6) is 11.5 Å². The number of fused-ring (bicyclic) bond motifs is 1. The van der Waals surface area contributed by atoms with Crippen LogP contribution >= 0.6 is 0 Å². The van der Waals surface area contributed by atoms with Gasteiger partial charge in [0.25, 0.3) is 5.91 Å². The van der Waals surface area contributed by atoms with Gasteiger partial charge in [-0.1, -0.05) is 18.2 Å². The lowest BCUT2D eigenvalue weighted by atomic mass is 10.2. The van der Waals surface area contributed by atoms with Crippen LogP contribution in [0.3, 0.4) is 0 Å². The summed E-state index contributed by atoms with van der Waals surface area (Å²) < 4.78 is 16.2. The number of hydrogen-bond donors (Lipinski definition) is 1. The molecule has 31 heavy (non-hydrogen) atoms. The van der Waals surface area contributed by atoms with Crippen LogP contribution in [-0.4, -0.2) is 24.6 Å². The molecule has 0 saturated heterocycles. The molecule has 0 atom stereocenters. The Kier molecular flexibility index (Phi) is 5.66. The molecule has 1 N–H and O–H groups in total. The summed E-state index contributed by atoms with van der Waals surface area (Å²) in [5.41, 5.74) is 2.36. The molecule has 7 heteroatoms. The van der Waals surface area contributed by atoms with Gasteiger partial charge >= 0.3 is 5.63 Å². The molecular formula is C24H20N2O5. The molecule has 1 amide bonds. The molecule has 0 unspecified atom stereocenters. The highest BCUT2D eigenvalue weighted by molar-refractivity contribution is 5.92. The van der Waals surface area contributed by atoms with Gasteiger partial charge in [-0.05, 0) is 61.0 Å². The maximum atomic E-state index is 12.2. The third-order valence-corrected chi connectivity index (χ3v) is 4.63. The number of ether oxygens (including phenoxy) is 2. The highest BCUT2D eigenvalue weighted by Crippen LogP contribution is 2.27. The van der Waals surface area contributed by atoms with Crippen LogP contribution in [0.4, 0.5) is 5.69 Å². The lowest BCUT2D eigenvalue weighted by molar-refractivity contribution is -0.118. The Balaban J connectivity index is 1.43. The monoisotopic (exact) mass is 416 g/mol. The number of aromatic nitrogens is 1. The summed E-state index contributed by atoms with van der Waals surface area (Å²) in [6.45, 7) is 1.78. The molecule has 0 aliphatic heterocycles. The van der Waals surface area contributed by atoms with E-state index in [0.29, 0.717) is 33.7 Å². The van der Waals surface area contributed by atoms with Crippen molar-refractivity contribution >= 4 is 22.5 Å². The van der Waals surface area contributed by atoms with Crippen molar-refractivity contribution in [2.24, 2.45) is 0 Å². The highest BCUT2D eigenvalue weighted by atomic mass is 16.5. The van der Waals surface area contributed by atoms with Crippen molar-refractivity contribution < 1.29 is 18.7 Å². The number of hydrogen-bond acceptors (Lipinski definition) is 6. The Morgan fingerprint density at radius 1 is 1.03 bits per heavy atom. The van der Waals surface area contributed by atoms with E-state index >= 15 is 0 Å². The van der Waals surface area contributed by atoms with E-state index in [0.717, 1.165) is 5.56 Å². The maximum absolute atomic E-state index is 12.2. The first-order chi connectivity index (χ1) is 15.0. The van der Waals surface area contributed by atoms with E-state index in [-0.39, 0.29) is 18.4 Å². The molecule has 156 valence electrons. The molecule has 0 bridgehead atoms. The molecule has 0 aliphatic carbocycles. The van der Waals surface area contributed by atoms with Crippen LogP contribution in [0.25, 0.3) is 22.4 Å². The second-order valence-electron chi connectivity index (χ2n) is 6.89. The smallest absolute Gasteiger partial charge is 0.347 e. The van der Waals surface area contributed by atoms with Crippen molar-refractivity contribution in [1.82, 2.24) is 4.98 Å². The average Bonchev–Trinajstić information content (AvgIpc) is 2.78. The Hall–Kier alpha value is -4.13. The van der Waals surface area contributed by atoms with Crippen molar-refractivity contribution in [3.05, 3.63) is 82.7 Å². The van der Waals surface area contributed by atoms with E-state index < -0.39 is 5.63 Å². The van der Waals surface area contributed by atoms with Crippen molar-refractivity contribution in [3.8, 4) is 23.0 Å².